The first-order valence-corrected chi connectivity index (χ1v) is 6.71. The molecule has 2 rings (SSSR count). The fraction of sp³-hybridized carbons (Fsp3) is 0.917. The Hall–Kier alpha value is -0.320. The van der Waals surface area contributed by atoms with Crippen LogP contribution in [0.3, 0.4) is 0 Å². The number of likely N-dealkylation sites (tertiary alicyclic amines) is 1. The van der Waals surface area contributed by atoms with Gasteiger partial charge in [0.05, 0.1) is 11.7 Å². The summed E-state index contributed by atoms with van der Waals surface area (Å²) in [5.74, 6) is -0.0330. The Morgan fingerprint density at radius 3 is 3.06 bits per heavy atom. The van der Waals surface area contributed by atoms with Gasteiger partial charge in [-0.3, -0.25) is 4.79 Å². The van der Waals surface area contributed by atoms with Crippen LogP contribution in [-0.2, 0) is 9.53 Å². The van der Waals surface area contributed by atoms with Gasteiger partial charge < -0.3 is 14.7 Å². The lowest BCUT2D eigenvalue weighted by Crippen LogP contribution is -2.56. The number of hydrogen-bond acceptors (Lipinski definition) is 3. The van der Waals surface area contributed by atoms with E-state index >= 15 is 0 Å². The van der Waals surface area contributed by atoms with Crippen molar-refractivity contribution in [2.45, 2.75) is 49.7 Å². The molecule has 2 heterocycles. The Bertz CT molecular complexity index is 293. The number of hydrogen-bond donors (Lipinski definition) is 1. The van der Waals surface area contributed by atoms with Gasteiger partial charge in [-0.15, -0.1) is 11.6 Å². The molecule has 2 aliphatic rings. The van der Waals surface area contributed by atoms with Crippen LogP contribution in [0, 0.1) is 0 Å². The van der Waals surface area contributed by atoms with Crippen LogP contribution in [0.4, 0.5) is 0 Å². The lowest BCUT2D eigenvalue weighted by atomic mass is 9.84. The van der Waals surface area contributed by atoms with Crippen molar-refractivity contribution in [1.29, 1.82) is 0 Å². The van der Waals surface area contributed by atoms with E-state index in [1.807, 2.05) is 0 Å². The Balaban J connectivity index is 2.03. The minimum absolute atomic E-state index is 0.0330. The summed E-state index contributed by atoms with van der Waals surface area (Å²) in [6.07, 6.45) is 2.87. The molecular weight excluding hydrogens is 242 g/mol. The Kier molecular flexibility index (Phi) is 3.95. The highest BCUT2D eigenvalue weighted by Gasteiger charge is 2.42. The zero-order valence-corrected chi connectivity index (χ0v) is 10.9. The highest BCUT2D eigenvalue weighted by molar-refractivity contribution is 6.30. The normalized spacial score (nSPS) is 35.9. The summed E-state index contributed by atoms with van der Waals surface area (Å²) >= 11 is 5.84. The molecule has 2 aliphatic heterocycles. The third-order valence-corrected chi connectivity index (χ3v) is 3.85. The second-order valence-corrected chi connectivity index (χ2v) is 5.81. The van der Waals surface area contributed by atoms with Gasteiger partial charge in [0, 0.05) is 26.1 Å². The van der Waals surface area contributed by atoms with Crippen LogP contribution in [0.5, 0.6) is 0 Å². The lowest BCUT2D eigenvalue weighted by Gasteiger charge is -2.46. The Morgan fingerprint density at radius 2 is 2.41 bits per heavy atom. The van der Waals surface area contributed by atoms with Crippen molar-refractivity contribution in [2.75, 3.05) is 19.7 Å². The number of piperidine rings is 1. The van der Waals surface area contributed by atoms with Crippen molar-refractivity contribution in [3.63, 3.8) is 0 Å². The average Bonchev–Trinajstić information content (AvgIpc) is 2.27. The number of rotatable bonds is 1. The largest absolute Gasteiger partial charge is 0.393 e. The maximum atomic E-state index is 11.9. The summed E-state index contributed by atoms with van der Waals surface area (Å²) in [7, 11) is 0. The van der Waals surface area contributed by atoms with Gasteiger partial charge in [0.1, 0.15) is 5.38 Å². The summed E-state index contributed by atoms with van der Waals surface area (Å²) in [6, 6.07) is 0. The maximum absolute atomic E-state index is 11.9. The smallest absolute Gasteiger partial charge is 0.240 e. The van der Waals surface area contributed by atoms with Gasteiger partial charge >= 0.3 is 0 Å². The van der Waals surface area contributed by atoms with E-state index in [1.54, 1.807) is 11.8 Å². The number of aliphatic hydroxyl groups is 1. The van der Waals surface area contributed by atoms with Crippen LogP contribution in [0.25, 0.3) is 0 Å². The molecule has 5 heteroatoms. The highest BCUT2D eigenvalue weighted by Crippen LogP contribution is 2.34. The number of carbonyl (C=O) groups excluding carboxylic acids is 1. The second-order valence-electron chi connectivity index (χ2n) is 5.16. The van der Waals surface area contributed by atoms with E-state index in [9.17, 15) is 9.90 Å². The number of ether oxygens (including phenoxy) is 1. The van der Waals surface area contributed by atoms with Gasteiger partial charge in [-0.25, -0.2) is 0 Å². The van der Waals surface area contributed by atoms with Gasteiger partial charge in [0.2, 0.25) is 5.91 Å². The molecule has 2 saturated heterocycles. The van der Waals surface area contributed by atoms with E-state index in [0.29, 0.717) is 26.0 Å². The Labute approximate surface area is 107 Å². The SMILES string of the molecule is C[C@H](Cl)C(=O)N1CCC[C@]2(C[C@@H](O)CCO2)C1. The summed E-state index contributed by atoms with van der Waals surface area (Å²) in [6.45, 7) is 3.60. The standard InChI is InChI=1S/C12H20ClNO3/c1-9(13)11(16)14-5-2-4-12(8-14)7-10(15)3-6-17-12/h9-10,15H,2-8H2,1H3/t9-,10-,12-/m0/s1. The van der Waals surface area contributed by atoms with Gasteiger partial charge in [-0.2, -0.15) is 0 Å². The highest BCUT2D eigenvalue weighted by atomic mass is 35.5. The molecule has 0 aromatic carbocycles. The topological polar surface area (TPSA) is 49.8 Å². The maximum Gasteiger partial charge on any atom is 0.240 e. The van der Waals surface area contributed by atoms with Crippen molar-refractivity contribution in [3.05, 3.63) is 0 Å². The molecule has 4 nitrogen and oxygen atoms in total. The number of aliphatic hydroxyl groups excluding tert-OH is 1. The van der Waals surface area contributed by atoms with Crippen LogP contribution < -0.4 is 0 Å². The predicted octanol–water partition coefficient (Wildman–Crippen LogP) is 1.15. The van der Waals surface area contributed by atoms with Gasteiger partial charge in [0.25, 0.3) is 0 Å². The third kappa shape index (κ3) is 2.92. The molecule has 0 aliphatic carbocycles. The van der Waals surface area contributed by atoms with Gasteiger partial charge in [-0.1, -0.05) is 0 Å². The molecule has 0 radical (unpaired) electrons. The first-order chi connectivity index (χ1) is 8.02. The average molecular weight is 262 g/mol. The monoisotopic (exact) mass is 261 g/mol. The summed E-state index contributed by atoms with van der Waals surface area (Å²) < 4.78 is 5.84. The molecule has 17 heavy (non-hydrogen) atoms. The molecule has 2 fully saturated rings. The number of amides is 1. The quantitative estimate of drug-likeness (QED) is 0.721. The number of carbonyl (C=O) groups is 1. The van der Waals surface area contributed by atoms with Crippen molar-refractivity contribution in [3.8, 4) is 0 Å². The minimum atomic E-state index is -0.487. The zero-order chi connectivity index (χ0) is 12.5. The molecule has 0 aromatic rings. The molecule has 0 saturated carbocycles. The van der Waals surface area contributed by atoms with Crippen molar-refractivity contribution < 1.29 is 14.6 Å². The van der Waals surface area contributed by atoms with Crippen LogP contribution in [0.15, 0.2) is 0 Å². The van der Waals surface area contributed by atoms with Crippen molar-refractivity contribution >= 4 is 17.5 Å². The van der Waals surface area contributed by atoms with Gasteiger partial charge in [-0.05, 0) is 26.2 Å². The molecule has 3 atom stereocenters. The van der Waals surface area contributed by atoms with Crippen molar-refractivity contribution in [2.24, 2.45) is 0 Å². The van der Waals surface area contributed by atoms with Crippen LogP contribution in [0.2, 0.25) is 0 Å². The molecule has 98 valence electrons. The number of halogens is 1. The number of alkyl halides is 1. The molecule has 1 amide bonds. The van der Waals surface area contributed by atoms with E-state index in [-0.39, 0.29) is 17.6 Å². The van der Waals surface area contributed by atoms with Gasteiger partial charge in [0.15, 0.2) is 0 Å². The minimum Gasteiger partial charge on any atom is -0.393 e. The van der Waals surface area contributed by atoms with E-state index < -0.39 is 5.38 Å². The fourth-order valence-electron chi connectivity index (χ4n) is 2.82. The first-order valence-electron chi connectivity index (χ1n) is 6.27. The second kappa shape index (κ2) is 5.12. The molecular formula is C12H20ClNO3. The van der Waals surface area contributed by atoms with E-state index in [1.165, 1.54) is 0 Å². The van der Waals surface area contributed by atoms with Crippen LogP contribution in [-0.4, -0.2) is 52.7 Å². The fourth-order valence-corrected chi connectivity index (χ4v) is 2.96. The third-order valence-electron chi connectivity index (χ3n) is 3.66. The van der Waals surface area contributed by atoms with E-state index in [2.05, 4.69) is 0 Å². The molecule has 0 unspecified atom stereocenters. The number of nitrogens with zero attached hydrogens (tertiary/aromatic N) is 1. The predicted molar refractivity (Wildman–Crippen MR) is 65.1 cm³/mol. The summed E-state index contributed by atoms with van der Waals surface area (Å²) in [4.78, 5) is 13.7. The van der Waals surface area contributed by atoms with Crippen LogP contribution in [0.1, 0.15) is 32.6 Å². The van der Waals surface area contributed by atoms with E-state index in [0.717, 1.165) is 19.4 Å². The van der Waals surface area contributed by atoms with Crippen LogP contribution >= 0.6 is 11.6 Å². The zero-order valence-electron chi connectivity index (χ0n) is 10.2. The molecule has 0 bridgehead atoms. The lowest BCUT2D eigenvalue weighted by molar-refractivity contribution is -0.160. The Morgan fingerprint density at radius 1 is 1.65 bits per heavy atom. The molecule has 0 aromatic heterocycles. The molecule has 1 spiro atoms. The van der Waals surface area contributed by atoms with Crippen molar-refractivity contribution in [1.82, 2.24) is 4.90 Å². The van der Waals surface area contributed by atoms with E-state index in [4.69, 9.17) is 16.3 Å². The summed E-state index contributed by atoms with van der Waals surface area (Å²) in [5, 5.41) is 9.26. The summed E-state index contributed by atoms with van der Waals surface area (Å²) in [5.41, 5.74) is -0.336. The molecule has 1 N–H and O–H groups in total. The first kappa shape index (κ1) is 13.1.